The van der Waals surface area contributed by atoms with Crippen LogP contribution in [-0.4, -0.2) is 23.5 Å². The molecule has 1 fully saturated rings. The van der Waals surface area contributed by atoms with Crippen molar-refractivity contribution < 1.29 is 4.74 Å². The average molecular weight is 426 g/mol. The van der Waals surface area contributed by atoms with Crippen LogP contribution in [0.3, 0.4) is 0 Å². The van der Waals surface area contributed by atoms with E-state index in [-0.39, 0.29) is 0 Å². The van der Waals surface area contributed by atoms with Gasteiger partial charge in [-0.1, -0.05) is 74.0 Å². The molecule has 5 rings (SSSR count). The lowest BCUT2D eigenvalue weighted by Crippen LogP contribution is -2.55. The van der Waals surface area contributed by atoms with Crippen molar-refractivity contribution >= 4 is 0 Å². The molecule has 0 aromatic heterocycles. The van der Waals surface area contributed by atoms with Crippen LogP contribution in [0.4, 0.5) is 0 Å². The summed E-state index contributed by atoms with van der Waals surface area (Å²) in [7, 11) is 0. The van der Waals surface area contributed by atoms with Crippen LogP contribution in [0.5, 0.6) is 5.75 Å². The van der Waals surface area contributed by atoms with Crippen LogP contribution in [0.15, 0.2) is 72.8 Å². The third-order valence-corrected chi connectivity index (χ3v) is 7.51. The van der Waals surface area contributed by atoms with Gasteiger partial charge in [0.15, 0.2) is 0 Å². The average Bonchev–Trinajstić information content (AvgIpc) is 2.85. The van der Waals surface area contributed by atoms with Crippen molar-refractivity contribution in [3.05, 3.63) is 89.5 Å². The molecule has 0 amide bonds. The minimum Gasteiger partial charge on any atom is -0.489 e. The molecule has 1 aliphatic carbocycles. The summed E-state index contributed by atoms with van der Waals surface area (Å²) in [6, 6.07) is 26.1. The lowest BCUT2D eigenvalue weighted by molar-refractivity contribution is 0.0340. The number of rotatable bonds is 6. The van der Waals surface area contributed by atoms with E-state index in [2.05, 4.69) is 84.6 Å². The zero-order valence-corrected chi connectivity index (χ0v) is 19.4. The predicted molar refractivity (Wildman–Crippen MR) is 133 cm³/mol. The Morgan fingerprint density at radius 3 is 2.47 bits per heavy atom. The predicted octanol–water partition coefficient (Wildman–Crippen LogP) is 7.06. The SMILES string of the molecule is CCCN1CCCCC12CCc1cc(OCc3ccc(-c4ccccc4)cc3)ccc1C2. The molecule has 32 heavy (non-hydrogen) atoms. The normalized spacial score (nSPS) is 20.8. The zero-order valence-electron chi connectivity index (χ0n) is 19.4. The molecule has 1 heterocycles. The Balaban J connectivity index is 1.24. The number of piperidine rings is 1. The fourth-order valence-electron chi connectivity index (χ4n) is 5.75. The molecule has 166 valence electrons. The molecule has 1 saturated heterocycles. The summed E-state index contributed by atoms with van der Waals surface area (Å²) in [5.41, 5.74) is 7.15. The lowest BCUT2D eigenvalue weighted by atomic mass is 9.72. The van der Waals surface area contributed by atoms with Gasteiger partial charge in [-0.15, -0.1) is 0 Å². The van der Waals surface area contributed by atoms with Gasteiger partial charge in [-0.25, -0.2) is 0 Å². The number of likely N-dealkylation sites (tertiary alicyclic amines) is 1. The second kappa shape index (κ2) is 9.50. The van der Waals surface area contributed by atoms with E-state index in [0.717, 1.165) is 5.75 Å². The van der Waals surface area contributed by atoms with Crippen LogP contribution >= 0.6 is 0 Å². The molecule has 2 nitrogen and oxygen atoms in total. The third kappa shape index (κ3) is 4.47. The van der Waals surface area contributed by atoms with Gasteiger partial charge in [-0.05, 0) is 91.6 Å². The molecule has 0 radical (unpaired) electrons. The maximum atomic E-state index is 6.19. The molecular formula is C30H35NO. The minimum atomic E-state index is 0.407. The van der Waals surface area contributed by atoms with E-state index in [1.807, 2.05) is 0 Å². The first kappa shape index (κ1) is 21.3. The van der Waals surface area contributed by atoms with Crippen LogP contribution in [0.2, 0.25) is 0 Å². The highest BCUT2D eigenvalue weighted by molar-refractivity contribution is 5.63. The van der Waals surface area contributed by atoms with Crippen molar-refractivity contribution in [2.24, 2.45) is 0 Å². The molecule has 0 saturated carbocycles. The van der Waals surface area contributed by atoms with Crippen molar-refractivity contribution in [1.82, 2.24) is 4.90 Å². The van der Waals surface area contributed by atoms with E-state index in [4.69, 9.17) is 4.74 Å². The zero-order chi connectivity index (χ0) is 21.8. The minimum absolute atomic E-state index is 0.407. The van der Waals surface area contributed by atoms with Crippen molar-refractivity contribution in [2.45, 2.75) is 64.0 Å². The second-order valence-electron chi connectivity index (χ2n) is 9.63. The van der Waals surface area contributed by atoms with E-state index >= 15 is 0 Å². The third-order valence-electron chi connectivity index (χ3n) is 7.51. The first-order valence-electron chi connectivity index (χ1n) is 12.4. The first-order valence-corrected chi connectivity index (χ1v) is 12.4. The van der Waals surface area contributed by atoms with Crippen LogP contribution in [0.1, 0.15) is 55.7 Å². The standard InChI is InChI=1S/C30H35NO/c1-2-19-31-20-7-6-17-30(31)18-16-27-21-29(15-14-28(27)22-30)32-23-24-10-12-26(13-11-24)25-8-4-3-5-9-25/h3-5,8-15,21H,2,6-7,16-20,22-23H2,1H3. The van der Waals surface area contributed by atoms with Gasteiger partial charge in [0.2, 0.25) is 0 Å². The fraction of sp³-hybridized carbons (Fsp3) is 0.400. The number of ether oxygens (including phenoxy) is 1. The summed E-state index contributed by atoms with van der Waals surface area (Å²) in [6.45, 7) is 5.47. The Bertz CT molecular complexity index is 1020. The largest absolute Gasteiger partial charge is 0.489 e. The van der Waals surface area contributed by atoms with Crippen LogP contribution < -0.4 is 4.74 Å². The highest BCUT2D eigenvalue weighted by Gasteiger charge is 2.40. The molecule has 2 aliphatic rings. The van der Waals surface area contributed by atoms with Crippen molar-refractivity contribution in [1.29, 1.82) is 0 Å². The second-order valence-corrected chi connectivity index (χ2v) is 9.63. The Morgan fingerprint density at radius 1 is 0.844 bits per heavy atom. The molecule has 0 bridgehead atoms. The number of hydrogen-bond donors (Lipinski definition) is 0. The van der Waals surface area contributed by atoms with Gasteiger partial charge in [0.25, 0.3) is 0 Å². The van der Waals surface area contributed by atoms with Gasteiger partial charge in [0, 0.05) is 5.54 Å². The maximum Gasteiger partial charge on any atom is 0.120 e. The van der Waals surface area contributed by atoms with Crippen molar-refractivity contribution in [3.63, 3.8) is 0 Å². The number of hydrogen-bond acceptors (Lipinski definition) is 2. The Kier molecular flexibility index (Phi) is 6.32. The summed E-state index contributed by atoms with van der Waals surface area (Å²) in [5.74, 6) is 1.00. The monoisotopic (exact) mass is 425 g/mol. The number of benzene rings is 3. The van der Waals surface area contributed by atoms with Crippen molar-refractivity contribution in [2.75, 3.05) is 13.1 Å². The number of fused-ring (bicyclic) bond motifs is 1. The molecule has 2 heteroatoms. The van der Waals surface area contributed by atoms with E-state index in [9.17, 15) is 0 Å². The summed E-state index contributed by atoms with van der Waals surface area (Å²) in [5, 5.41) is 0. The highest BCUT2D eigenvalue weighted by Crippen LogP contribution is 2.40. The molecule has 1 atom stereocenters. The molecule has 0 N–H and O–H groups in total. The Hall–Kier alpha value is -2.58. The van der Waals surface area contributed by atoms with E-state index in [1.165, 1.54) is 80.3 Å². The maximum absolute atomic E-state index is 6.19. The fourth-order valence-corrected chi connectivity index (χ4v) is 5.75. The van der Waals surface area contributed by atoms with Gasteiger partial charge in [-0.2, -0.15) is 0 Å². The van der Waals surface area contributed by atoms with Gasteiger partial charge in [0.05, 0.1) is 0 Å². The Labute approximate surface area is 193 Å². The summed E-state index contributed by atoms with van der Waals surface area (Å²) < 4.78 is 6.19. The molecule has 1 unspecified atom stereocenters. The van der Waals surface area contributed by atoms with Gasteiger partial charge >= 0.3 is 0 Å². The lowest BCUT2D eigenvalue weighted by Gasteiger charge is -2.50. The van der Waals surface area contributed by atoms with E-state index in [1.54, 1.807) is 5.56 Å². The number of nitrogens with zero attached hydrogens (tertiary/aromatic N) is 1. The molecule has 3 aromatic rings. The van der Waals surface area contributed by atoms with E-state index in [0.29, 0.717) is 12.1 Å². The molecule has 1 spiro atoms. The van der Waals surface area contributed by atoms with Crippen LogP contribution in [-0.2, 0) is 19.4 Å². The van der Waals surface area contributed by atoms with Crippen molar-refractivity contribution in [3.8, 4) is 16.9 Å². The van der Waals surface area contributed by atoms with Gasteiger partial charge < -0.3 is 4.74 Å². The first-order chi connectivity index (χ1) is 15.8. The highest BCUT2D eigenvalue weighted by atomic mass is 16.5. The van der Waals surface area contributed by atoms with E-state index < -0.39 is 0 Å². The quantitative estimate of drug-likeness (QED) is 0.419. The summed E-state index contributed by atoms with van der Waals surface area (Å²) >= 11 is 0. The van der Waals surface area contributed by atoms with Gasteiger partial charge in [-0.3, -0.25) is 4.90 Å². The smallest absolute Gasteiger partial charge is 0.120 e. The summed E-state index contributed by atoms with van der Waals surface area (Å²) in [6.07, 6.45) is 9.07. The van der Waals surface area contributed by atoms with Crippen LogP contribution in [0.25, 0.3) is 11.1 Å². The van der Waals surface area contributed by atoms with Crippen LogP contribution in [0, 0.1) is 0 Å². The number of aryl methyl sites for hydroxylation is 1. The molecule has 3 aromatic carbocycles. The topological polar surface area (TPSA) is 12.5 Å². The Morgan fingerprint density at radius 2 is 1.66 bits per heavy atom. The molecule has 1 aliphatic heterocycles. The molecular weight excluding hydrogens is 390 g/mol. The summed E-state index contributed by atoms with van der Waals surface area (Å²) in [4.78, 5) is 2.81. The van der Waals surface area contributed by atoms with Gasteiger partial charge in [0.1, 0.15) is 12.4 Å².